The first-order chi connectivity index (χ1) is 14.3. The minimum atomic E-state index is -4.45. The fraction of sp³-hybridized carbons (Fsp3) is 0.182. The van der Waals surface area contributed by atoms with Crippen LogP contribution in [-0.4, -0.2) is 10.9 Å². The van der Waals surface area contributed by atoms with E-state index in [9.17, 15) is 18.0 Å². The summed E-state index contributed by atoms with van der Waals surface area (Å²) in [5, 5.41) is 2.50. The van der Waals surface area contributed by atoms with E-state index >= 15 is 0 Å². The first-order valence-electron chi connectivity index (χ1n) is 9.22. The number of nitrogens with one attached hydrogen (secondary N) is 1. The molecule has 0 radical (unpaired) electrons. The van der Waals surface area contributed by atoms with E-state index in [0.29, 0.717) is 24.5 Å². The normalized spacial score (nSPS) is 11.2. The maximum Gasteiger partial charge on any atom is 0.416 e. The van der Waals surface area contributed by atoms with Crippen LogP contribution >= 0.6 is 0 Å². The number of alkyl halides is 3. The summed E-state index contributed by atoms with van der Waals surface area (Å²) in [6.07, 6.45) is -2.25. The van der Waals surface area contributed by atoms with E-state index in [0.717, 1.165) is 23.4 Å². The zero-order valence-electron chi connectivity index (χ0n) is 15.9. The average Bonchev–Trinajstić information content (AvgIpc) is 2.73. The summed E-state index contributed by atoms with van der Waals surface area (Å²) in [7, 11) is 0. The van der Waals surface area contributed by atoms with Crippen LogP contribution in [0.4, 0.5) is 18.9 Å². The molecule has 3 rings (SSSR count). The summed E-state index contributed by atoms with van der Waals surface area (Å²) in [4.78, 5) is 16.2. The highest BCUT2D eigenvalue weighted by Gasteiger charge is 2.30. The van der Waals surface area contributed by atoms with Crippen molar-refractivity contribution < 1.29 is 22.7 Å². The number of aryl methyl sites for hydroxylation is 1. The van der Waals surface area contributed by atoms with Gasteiger partial charge >= 0.3 is 6.18 Å². The minimum absolute atomic E-state index is 0.118. The molecule has 0 unspecified atom stereocenters. The molecular weight excluding hydrogens is 395 g/mol. The molecule has 5 nitrogen and oxygen atoms in total. The number of carbonyl (C=O) groups excluding carboxylic acids is 1. The van der Waals surface area contributed by atoms with Gasteiger partial charge in [0.2, 0.25) is 5.91 Å². The van der Waals surface area contributed by atoms with Crippen molar-refractivity contribution in [3.63, 3.8) is 0 Å². The van der Waals surface area contributed by atoms with Gasteiger partial charge in [0, 0.05) is 30.9 Å². The number of rotatable bonds is 7. The molecular formula is C22H20F3N3O2. The lowest BCUT2D eigenvalue weighted by Gasteiger charge is -2.10. The standard InChI is InChI=1S/C22H20F3N3O2/c23-22(24,25)16-2-1-3-17(12-16)28-21(29)9-6-15-4-7-19(8-5-15)30-20-10-11-27-18(13-20)14-26/h1-5,7-8,10-13H,6,9,14,26H2,(H,28,29). The Morgan fingerprint density at radius 3 is 2.50 bits per heavy atom. The van der Waals surface area contributed by atoms with E-state index in [1.165, 1.54) is 12.1 Å². The number of aromatic nitrogens is 1. The molecule has 1 amide bonds. The summed E-state index contributed by atoms with van der Waals surface area (Å²) in [6.45, 7) is 0.318. The second-order valence-corrected chi connectivity index (χ2v) is 6.56. The van der Waals surface area contributed by atoms with Crippen molar-refractivity contribution in [2.24, 2.45) is 5.73 Å². The van der Waals surface area contributed by atoms with Crippen LogP contribution < -0.4 is 15.8 Å². The number of amides is 1. The number of hydrogen-bond donors (Lipinski definition) is 2. The molecule has 0 bridgehead atoms. The van der Waals surface area contributed by atoms with Gasteiger partial charge in [-0.1, -0.05) is 18.2 Å². The Labute approximate surface area is 171 Å². The van der Waals surface area contributed by atoms with E-state index in [-0.39, 0.29) is 18.0 Å². The van der Waals surface area contributed by atoms with Crippen LogP contribution in [0.3, 0.4) is 0 Å². The van der Waals surface area contributed by atoms with E-state index in [1.54, 1.807) is 30.5 Å². The van der Waals surface area contributed by atoms with Gasteiger partial charge < -0.3 is 15.8 Å². The van der Waals surface area contributed by atoms with Crippen molar-refractivity contribution in [2.45, 2.75) is 25.6 Å². The van der Waals surface area contributed by atoms with Gasteiger partial charge in [0.05, 0.1) is 11.3 Å². The average molecular weight is 415 g/mol. The Morgan fingerprint density at radius 1 is 1.03 bits per heavy atom. The Morgan fingerprint density at radius 2 is 1.80 bits per heavy atom. The fourth-order valence-corrected chi connectivity index (χ4v) is 2.75. The third-order valence-corrected chi connectivity index (χ3v) is 4.27. The molecule has 30 heavy (non-hydrogen) atoms. The molecule has 3 aromatic rings. The summed E-state index contributed by atoms with van der Waals surface area (Å²) < 4.78 is 44.0. The van der Waals surface area contributed by atoms with Crippen molar-refractivity contribution in [2.75, 3.05) is 5.32 Å². The van der Waals surface area contributed by atoms with Gasteiger partial charge in [0.25, 0.3) is 0 Å². The third kappa shape index (κ3) is 6.05. The number of nitrogens with zero attached hydrogens (tertiary/aromatic N) is 1. The van der Waals surface area contributed by atoms with Gasteiger partial charge in [-0.3, -0.25) is 9.78 Å². The van der Waals surface area contributed by atoms with Crippen molar-refractivity contribution in [1.29, 1.82) is 0 Å². The summed E-state index contributed by atoms with van der Waals surface area (Å²) in [5.74, 6) is 0.890. The second kappa shape index (κ2) is 9.41. The molecule has 1 heterocycles. The van der Waals surface area contributed by atoms with E-state index in [4.69, 9.17) is 10.5 Å². The van der Waals surface area contributed by atoms with Crippen LogP contribution in [-0.2, 0) is 23.9 Å². The highest BCUT2D eigenvalue weighted by atomic mass is 19.4. The van der Waals surface area contributed by atoms with Crippen molar-refractivity contribution in [1.82, 2.24) is 4.98 Å². The molecule has 2 aromatic carbocycles. The molecule has 0 aliphatic heterocycles. The number of nitrogens with two attached hydrogens (primary N) is 1. The van der Waals surface area contributed by atoms with Crippen LogP contribution in [0.25, 0.3) is 0 Å². The monoisotopic (exact) mass is 415 g/mol. The largest absolute Gasteiger partial charge is 0.457 e. The van der Waals surface area contributed by atoms with Crippen LogP contribution in [0.15, 0.2) is 66.9 Å². The first-order valence-corrected chi connectivity index (χ1v) is 9.22. The molecule has 0 saturated heterocycles. The maximum atomic E-state index is 12.8. The zero-order valence-corrected chi connectivity index (χ0v) is 15.9. The maximum absolute atomic E-state index is 12.8. The highest BCUT2D eigenvalue weighted by molar-refractivity contribution is 5.90. The zero-order chi connectivity index (χ0) is 21.6. The lowest BCUT2D eigenvalue weighted by molar-refractivity contribution is -0.137. The van der Waals surface area contributed by atoms with Gasteiger partial charge in [0.15, 0.2) is 0 Å². The molecule has 0 atom stereocenters. The molecule has 0 aliphatic rings. The predicted molar refractivity (Wildman–Crippen MR) is 107 cm³/mol. The summed E-state index contributed by atoms with van der Waals surface area (Å²) in [6, 6.07) is 15.3. The van der Waals surface area contributed by atoms with Gasteiger partial charge in [-0.25, -0.2) is 0 Å². The van der Waals surface area contributed by atoms with Gasteiger partial charge in [-0.2, -0.15) is 13.2 Å². The van der Waals surface area contributed by atoms with Crippen molar-refractivity contribution >= 4 is 11.6 Å². The number of benzene rings is 2. The number of pyridine rings is 1. The molecule has 3 N–H and O–H groups in total. The lowest BCUT2D eigenvalue weighted by Crippen LogP contribution is -2.13. The van der Waals surface area contributed by atoms with Crippen LogP contribution in [0.1, 0.15) is 23.2 Å². The highest BCUT2D eigenvalue weighted by Crippen LogP contribution is 2.30. The Kier molecular flexibility index (Phi) is 6.68. The molecule has 0 spiro atoms. The van der Waals surface area contributed by atoms with Gasteiger partial charge in [0.1, 0.15) is 11.5 Å². The Balaban J connectivity index is 1.53. The number of ether oxygens (including phenoxy) is 1. The molecule has 0 saturated carbocycles. The number of halogens is 3. The molecule has 1 aromatic heterocycles. The number of anilines is 1. The molecule has 156 valence electrons. The fourth-order valence-electron chi connectivity index (χ4n) is 2.75. The lowest BCUT2D eigenvalue weighted by atomic mass is 10.1. The van der Waals surface area contributed by atoms with Crippen LogP contribution in [0.2, 0.25) is 0 Å². The quantitative estimate of drug-likeness (QED) is 0.574. The third-order valence-electron chi connectivity index (χ3n) is 4.27. The summed E-state index contributed by atoms with van der Waals surface area (Å²) in [5.41, 5.74) is 6.50. The minimum Gasteiger partial charge on any atom is -0.457 e. The van der Waals surface area contributed by atoms with Gasteiger partial charge in [-0.05, 0) is 48.4 Å². The molecule has 8 heteroatoms. The van der Waals surface area contributed by atoms with Crippen molar-refractivity contribution in [3.05, 3.63) is 83.7 Å². The summed E-state index contributed by atoms with van der Waals surface area (Å²) >= 11 is 0. The smallest absolute Gasteiger partial charge is 0.416 e. The van der Waals surface area contributed by atoms with E-state index < -0.39 is 11.7 Å². The van der Waals surface area contributed by atoms with Gasteiger partial charge in [-0.15, -0.1) is 0 Å². The predicted octanol–water partition coefficient (Wildman–Crippen LogP) is 4.92. The molecule has 0 aliphatic carbocycles. The molecule has 0 fully saturated rings. The van der Waals surface area contributed by atoms with E-state index in [2.05, 4.69) is 10.3 Å². The Bertz CT molecular complexity index is 1010. The number of carbonyl (C=O) groups is 1. The van der Waals surface area contributed by atoms with E-state index in [1.807, 2.05) is 12.1 Å². The van der Waals surface area contributed by atoms with Crippen LogP contribution in [0.5, 0.6) is 11.5 Å². The van der Waals surface area contributed by atoms with Crippen molar-refractivity contribution in [3.8, 4) is 11.5 Å². The Hall–Kier alpha value is -3.39. The SMILES string of the molecule is NCc1cc(Oc2ccc(CCC(=O)Nc3cccc(C(F)(F)F)c3)cc2)ccn1. The second-order valence-electron chi connectivity index (χ2n) is 6.56. The number of hydrogen-bond acceptors (Lipinski definition) is 4. The van der Waals surface area contributed by atoms with Crippen LogP contribution in [0, 0.1) is 0 Å². The first kappa shape index (κ1) is 21.3. The topological polar surface area (TPSA) is 77.2 Å².